The summed E-state index contributed by atoms with van der Waals surface area (Å²) in [5, 5.41) is 18.1. The molecule has 0 saturated carbocycles. The van der Waals surface area contributed by atoms with Crippen molar-refractivity contribution >= 4 is 41.8 Å². The van der Waals surface area contributed by atoms with Crippen LogP contribution >= 0.6 is 0 Å². The van der Waals surface area contributed by atoms with E-state index in [-0.39, 0.29) is 35.8 Å². The molecule has 0 saturated heterocycles. The average molecular weight is 510 g/mol. The third-order valence-corrected chi connectivity index (χ3v) is 4.59. The smallest absolute Gasteiger partial charge is 0.741 e. The second kappa shape index (κ2) is 14.6. The summed E-state index contributed by atoms with van der Waals surface area (Å²) in [6.45, 7) is 7.68. The number of hydrogen-bond donors (Lipinski definition) is 1. The predicted octanol–water partition coefficient (Wildman–Crippen LogP) is 2.02. The molecule has 0 bridgehead atoms. The van der Waals surface area contributed by atoms with Crippen LogP contribution in [0.15, 0.2) is 46.1 Å². The first-order valence-corrected chi connectivity index (χ1v) is 10.3. The Hall–Kier alpha value is -2.45. The Balaban J connectivity index is 0.000000585. The minimum absolute atomic E-state index is 0. The summed E-state index contributed by atoms with van der Waals surface area (Å²) in [7, 11) is 0. The Bertz CT molecular complexity index is 859. The topological polar surface area (TPSA) is 128 Å². The van der Waals surface area contributed by atoms with E-state index in [0.717, 1.165) is 12.8 Å². The number of carboxylic acid groups (broad SMARTS) is 1. The summed E-state index contributed by atoms with van der Waals surface area (Å²) >= 11 is 4.56. The van der Waals surface area contributed by atoms with Gasteiger partial charge in [0, 0.05) is 6.21 Å². The van der Waals surface area contributed by atoms with Crippen LogP contribution in [0, 0.1) is 5.92 Å². The molecule has 2 unspecified atom stereocenters. The van der Waals surface area contributed by atoms with E-state index >= 15 is 0 Å². The van der Waals surface area contributed by atoms with Crippen molar-refractivity contribution in [2.45, 2.75) is 53.0 Å². The molecule has 0 spiro atoms. The number of nitrogens with two attached hydrogens (primary N) is 1. The van der Waals surface area contributed by atoms with Gasteiger partial charge in [-0.3, -0.25) is 14.5 Å². The molecular formula is C22H28N4O4SZn. The van der Waals surface area contributed by atoms with Gasteiger partial charge in [-0.1, -0.05) is 30.7 Å². The summed E-state index contributed by atoms with van der Waals surface area (Å²) < 4.78 is 0. The van der Waals surface area contributed by atoms with Crippen LogP contribution in [0.4, 0.5) is 0 Å². The van der Waals surface area contributed by atoms with Crippen LogP contribution in [0.1, 0.15) is 67.7 Å². The molecular weight excluding hydrogens is 482 g/mol. The monoisotopic (exact) mass is 508 g/mol. The second-order valence-corrected chi connectivity index (χ2v) is 7.88. The number of nitrogens with zero attached hydrogens (tertiary/aromatic N) is 3. The molecule has 10 heteroatoms. The summed E-state index contributed by atoms with van der Waals surface area (Å²) in [6.07, 6.45) is 7.25. The van der Waals surface area contributed by atoms with Crippen molar-refractivity contribution in [3.8, 4) is 0 Å². The molecule has 1 aromatic carbocycles. The zero-order chi connectivity index (χ0) is 23.6. The average Bonchev–Trinajstić information content (AvgIpc) is 2.95. The third-order valence-electron chi connectivity index (χ3n) is 4.51. The number of benzene rings is 1. The van der Waals surface area contributed by atoms with Gasteiger partial charge in [0.15, 0.2) is 0 Å². The van der Waals surface area contributed by atoms with Crippen molar-refractivity contribution < 1.29 is 39.0 Å². The molecule has 2 atom stereocenters. The Morgan fingerprint density at radius 1 is 1.19 bits per heavy atom. The molecule has 2 rings (SSSR count). The first-order valence-electron chi connectivity index (χ1n) is 9.89. The Morgan fingerprint density at radius 3 is 2.16 bits per heavy atom. The number of aliphatic carboxylic acids is 1. The van der Waals surface area contributed by atoms with E-state index in [0.29, 0.717) is 10.8 Å². The maximum atomic E-state index is 11.8. The minimum atomic E-state index is -1.45. The van der Waals surface area contributed by atoms with Crippen molar-refractivity contribution in [1.29, 1.82) is 0 Å². The van der Waals surface area contributed by atoms with Crippen molar-refractivity contribution in [1.82, 2.24) is 4.90 Å². The van der Waals surface area contributed by atoms with E-state index < -0.39 is 23.8 Å². The van der Waals surface area contributed by atoms with Gasteiger partial charge in [0.2, 0.25) is 0 Å². The molecule has 1 aliphatic rings. The number of imide groups is 1. The fourth-order valence-corrected chi connectivity index (χ4v) is 2.81. The largest absolute Gasteiger partial charge is 2.00 e. The van der Waals surface area contributed by atoms with Crippen molar-refractivity contribution in [3.63, 3.8) is 0 Å². The van der Waals surface area contributed by atoms with Gasteiger partial charge >= 0.3 is 19.5 Å². The number of rotatable bonds is 8. The molecule has 2 amide bonds. The van der Waals surface area contributed by atoms with Gasteiger partial charge < -0.3 is 28.3 Å². The van der Waals surface area contributed by atoms with Crippen LogP contribution in [0.25, 0.3) is 0 Å². The van der Waals surface area contributed by atoms with Gasteiger partial charge in [0.25, 0.3) is 11.8 Å². The van der Waals surface area contributed by atoms with Gasteiger partial charge in [0.05, 0.1) is 23.1 Å². The molecule has 0 aliphatic carbocycles. The van der Waals surface area contributed by atoms with E-state index in [2.05, 4.69) is 49.7 Å². The molecule has 1 aliphatic heterocycles. The van der Waals surface area contributed by atoms with E-state index in [4.69, 9.17) is 5.73 Å². The van der Waals surface area contributed by atoms with E-state index in [1.165, 1.54) is 31.1 Å². The fraction of sp³-hybridized carbons (Fsp3) is 0.409. The van der Waals surface area contributed by atoms with Gasteiger partial charge in [-0.25, -0.2) is 0 Å². The molecule has 168 valence electrons. The minimum Gasteiger partial charge on any atom is -0.741 e. The third kappa shape index (κ3) is 9.36. The number of carbonyl (C=O) groups is 3. The molecule has 0 aromatic heterocycles. The number of allylic oxidation sites excluding steroid dienone is 2. The standard InChI is InChI=1S/C11H21N3S.C11H9NO4.Zn/c1-9(2)5-4-6-10(3)7-8-13-14-11(12)15;1-6(11(15)16)12-9(13)7-4-2-3-5-8(7)10(12)14;/h5,8,10H,4,6-7H2,1-3H3,(H3,12,14,15);2-6H,1H3,(H,15,16);/q;;+2/p-2/b13-8+;;. The van der Waals surface area contributed by atoms with Gasteiger partial charge in [-0.15, -0.1) is 0 Å². The second-order valence-electron chi connectivity index (χ2n) is 7.46. The molecule has 0 fully saturated rings. The molecule has 0 radical (unpaired) electrons. The van der Waals surface area contributed by atoms with Crippen LogP contribution in [0.3, 0.4) is 0 Å². The summed E-state index contributed by atoms with van der Waals surface area (Å²) in [4.78, 5) is 34.9. The quantitative estimate of drug-likeness (QED) is 0.109. The van der Waals surface area contributed by atoms with E-state index in [9.17, 15) is 19.5 Å². The predicted molar refractivity (Wildman–Crippen MR) is 121 cm³/mol. The zero-order valence-corrected chi connectivity index (χ0v) is 22.7. The van der Waals surface area contributed by atoms with E-state index in [1.807, 2.05) is 0 Å². The number of amides is 2. The van der Waals surface area contributed by atoms with Gasteiger partial charge in [-0.2, -0.15) is 10.2 Å². The van der Waals surface area contributed by atoms with Gasteiger partial charge in [-0.05, 0) is 63.3 Å². The van der Waals surface area contributed by atoms with Crippen molar-refractivity contribution in [3.05, 3.63) is 47.0 Å². The van der Waals surface area contributed by atoms with Crippen LogP contribution < -0.4 is 10.8 Å². The Labute approximate surface area is 207 Å². The van der Waals surface area contributed by atoms with Crippen LogP contribution in [-0.4, -0.2) is 40.1 Å². The van der Waals surface area contributed by atoms with Crippen molar-refractivity contribution in [2.75, 3.05) is 0 Å². The SMILES string of the molecule is CC(C(=O)[O-])N1C(=O)c2ccccc2C1=O.CC(C)=CCCC(C)C/C=N/N=C(/N)[S-].[Zn+2]. The normalized spacial score (nSPS) is 14.8. The van der Waals surface area contributed by atoms with Crippen LogP contribution in [0.2, 0.25) is 0 Å². The molecule has 1 heterocycles. The molecule has 8 nitrogen and oxygen atoms in total. The molecule has 2 N–H and O–H groups in total. The number of fused-ring (bicyclic) bond motifs is 1. The zero-order valence-electron chi connectivity index (χ0n) is 18.9. The number of carboxylic acids is 1. The molecule has 32 heavy (non-hydrogen) atoms. The fourth-order valence-electron chi connectivity index (χ4n) is 2.76. The maximum Gasteiger partial charge on any atom is 2.00 e. The first kappa shape index (κ1) is 29.6. The maximum absolute atomic E-state index is 11.8. The van der Waals surface area contributed by atoms with Crippen LogP contribution in [-0.2, 0) is 36.9 Å². The summed E-state index contributed by atoms with van der Waals surface area (Å²) in [5.74, 6) is -2.00. The van der Waals surface area contributed by atoms with Crippen LogP contribution in [0.5, 0.6) is 0 Å². The number of amidine groups is 1. The summed E-state index contributed by atoms with van der Waals surface area (Å²) in [6, 6.07) is 4.98. The van der Waals surface area contributed by atoms with Crippen molar-refractivity contribution in [2.24, 2.45) is 21.9 Å². The Morgan fingerprint density at radius 2 is 1.72 bits per heavy atom. The number of hydrogen-bond acceptors (Lipinski definition) is 7. The number of carbonyl (C=O) groups excluding carboxylic acids is 3. The molecule has 1 aromatic rings. The first-order chi connectivity index (χ1) is 14.6. The Kier molecular flexibility index (Phi) is 13.5. The summed E-state index contributed by atoms with van der Waals surface area (Å²) in [5.41, 5.74) is 7.01. The van der Waals surface area contributed by atoms with Gasteiger partial charge in [0.1, 0.15) is 0 Å². The van der Waals surface area contributed by atoms with E-state index in [1.54, 1.807) is 18.3 Å².